The number of nitrogens with zero attached hydrogens (tertiary/aromatic N) is 4. The largest absolute Gasteiger partial charge is 0.497 e. The predicted molar refractivity (Wildman–Crippen MR) is 165 cm³/mol. The Hall–Kier alpha value is -3.63. The molecule has 1 aliphatic carbocycles. The van der Waals surface area contributed by atoms with Crippen LogP contribution < -0.4 is 15.0 Å². The van der Waals surface area contributed by atoms with Crippen LogP contribution >= 0.6 is 11.8 Å². The second kappa shape index (κ2) is 13.6. The molecule has 10 heteroatoms. The minimum absolute atomic E-state index is 0.113. The van der Waals surface area contributed by atoms with Gasteiger partial charge in [-0.05, 0) is 74.7 Å². The normalized spacial score (nSPS) is 16.2. The van der Waals surface area contributed by atoms with Crippen LogP contribution in [0.2, 0.25) is 0 Å². The number of hydrogen-bond donors (Lipinski definition) is 1. The van der Waals surface area contributed by atoms with Crippen molar-refractivity contribution in [3.05, 3.63) is 71.5 Å². The first kappa shape index (κ1) is 29.8. The first-order valence-corrected chi connectivity index (χ1v) is 15.5. The molecule has 0 unspecified atom stereocenters. The molecule has 2 fully saturated rings. The lowest BCUT2D eigenvalue weighted by Crippen LogP contribution is -2.57. The van der Waals surface area contributed by atoms with Crippen molar-refractivity contribution >= 4 is 35.0 Å². The number of aryl methyl sites for hydroxylation is 2. The lowest BCUT2D eigenvalue weighted by atomic mass is 9.92. The molecular weight excluding hydrogens is 550 g/mol. The average molecular weight is 590 g/mol. The van der Waals surface area contributed by atoms with Gasteiger partial charge in [-0.1, -0.05) is 36.7 Å². The quantitative estimate of drug-likeness (QED) is 0.260. The molecule has 222 valence electrons. The Morgan fingerprint density at radius 2 is 1.64 bits per heavy atom. The summed E-state index contributed by atoms with van der Waals surface area (Å²) in [5.74, 6) is 0.627. The van der Waals surface area contributed by atoms with Gasteiger partial charge in [-0.2, -0.15) is 0 Å². The van der Waals surface area contributed by atoms with Crippen molar-refractivity contribution in [2.24, 2.45) is 0 Å². The molecule has 2 heterocycles. The summed E-state index contributed by atoms with van der Waals surface area (Å²) in [7, 11) is 1.63. The fourth-order valence-electron chi connectivity index (χ4n) is 5.76. The van der Waals surface area contributed by atoms with Crippen molar-refractivity contribution in [3.8, 4) is 5.75 Å². The Labute approximate surface area is 252 Å². The number of methoxy groups -OCH3 is 1. The second-order valence-electron chi connectivity index (χ2n) is 10.9. The average Bonchev–Trinajstić information content (AvgIpc) is 3.50. The Balaban J connectivity index is 1.38. The van der Waals surface area contributed by atoms with Gasteiger partial charge in [0.15, 0.2) is 5.16 Å². The molecule has 0 bridgehead atoms. The van der Waals surface area contributed by atoms with Gasteiger partial charge in [0.05, 0.1) is 26.1 Å². The SMILES string of the molecule is COc1ccc(CN(C(=O)CSc2nc(C)cc(C)n2)C2(C(=O)Nc3ccc(N4CCOCC4)cc3)CCCC2)cc1. The Morgan fingerprint density at radius 1 is 1.00 bits per heavy atom. The van der Waals surface area contributed by atoms with Crippen molar-refractivity contribution in [2.45, 2.75) is 56.8 Å². The van der Waals surface area contributed by atoms with E-state index in [2.05, 4.69) is 20.2 Å². The smallest absolute Gasteiger partial charge is 0.250 e. The zero-order chi connectivity index (χ0) is 29.5. The molecule has 5 rings (SSSR count). The van der Waals surface area contributed by atoms with Crippen LogP contribution in [-0.2, 0) is 20.9 Å². The number of thioether (sulfide) groups is 1. The third-order valence-electron chi connectivity index (χ3n) is 7.96. The molecule has 3 aromatic rings. The Morgan fingerprint density at radius 3 is 2.26 bits per heavy atom. The highest BCUT2D eigenvalue weighted by Crippen LogP contribution is 2.38. The molecule has 1 saturated carbocycles. The van der Waals surface area contributed by atoms with Gasteiger partial charge in [0.2, 0.25) is 11.8 Å². The van der Waals surface area contributed by atoms with Gasteiger partial charge in [-0.3, -0.25) is 9.59 Å². The van der Waals surface area contributed by atoms with Crippen LogP contribution in [-0.4, -0.2) is 71.4 Å². The van der Waals surface area contributed by atoms with E-state index in [9.17, 15) is 9.59 Å². The number of ether oxygens (including phenoxy) is 2. The molecule has 0 radical (unpaired) electrons. The molecule has 1 aliphatic heterocycles. The number of morpholine rings is 1. The molecule has 1 N–H and O–H groups in total. The fourth-order valence-corrected chi connectivity index (χ4v) is 6.58. The molecule has 1 saturated heterocycles. The van der Waals surface area contributed by atoms with Crippen LogP contribution in [0.5, 0.6) is 5.75 Å². The molecule has 0 atom stereocenters. The first-order valence-electron chi connectivity index (χ1n) is 14.5. The number of hydrogen-bond acceptors (Lipinski definition) is 8. The second-order valence-corrected chi connectivity index (χ2v) is 11.8. The van der Waals surface area contributed by atoms with Gasteiger partial charge in [0.25, 0.3) is 0 Å². The number of anilines is 2. The van der Waals surface area contributed by atoms with Crippen molar-refractivity contribution in [1.29, 1.82) is 0 Å². The van der Waals surface area contributed by atoms with E-state index >= 15 is 0 Å². The third kappa shape index (κ3) is 7.04. The maximum atomic E-state index is 14.1. The molecule has 9 nitrogen and oxygen atoms in total. The van der Waals surface area contributed by atoms with Crippen molar-refractivity contribution in [2.75, 3.05) is 49.4 Å². The van der Waals surface area contributed by atoms with Crippen molar-refractivity contribution < 1.29 is 19.1 Å². The van der Waals surface area contributed by atoms with Crippen LogP contribution in [0.15, 0.2) is 59.8 Å². The highest BCUT2D eigenvalue weighted by Gasteiger charge is 2.48. The minimum Gasteiger partial charge on any atom is -0.497 e. The molecular formula is C32H39N5O4S. The summed E-state index contributed by atoms with van der Waals surface area (Å²) in [5.41, 5.74) is 3.53. The van der Waals surface area contributed by atoms with Gasteiger partial charge >= 0.3 is 0 Å². The minimum atomic E-state index is -0.955. The summed E-state index contributed by atoms with van der Waals surface area (Å²) in [6, 6.07) is 17.5. The van der Waals surface area contributed by atoms with Gasteiger partial charge in [0, 0.05) is 42.4 Å². The highest BCUT2D eigenvalue weighted by atomic mass is 32.2. The molecule has 2 aromatic carbocycles. The fraction of sp³-hybridized carbons (Fsp3) is 0.438. The van der Waals surface area contributed by atoms with E-state index in [0.717, 1.165) is 60.0 Å². The van der Waals surface area contributed by atoms with Crippen LogP contribution in [0, 0.1) is 13.8 Å². The third-order valence-corrected chi connectivity index (χ3v) is 8.79. The molecule has 2 amide bonds. The highest BCUT2D eigenvalue weighted by molar-refractivity contribution is 7.99. The number of carbonyl (C=O) groups is 2. The van der Waals surface area contributed by atoms with Gasteiger partial charge in [0.1, 0.15) is 11.3 Å². The summed E-state index contributed by atoms with van der Waals surface area (Å²) < 4.78 is 10.8. The van der Waals surface area contributed by atoms with E-state index in [4.69, 9.17) is 9.47 Å². The summed E-state index contributed by atoms with van der Waals surface area (Å²) in [6.45, 7) is 7.29. The van der Waals surface area contributed by atoms with Crippen LogP contribution in [0.1, 0.15) is 42.6 Å². The number of amides is 2. The number of benzene rings is 2. The van der Waals surface area contributed by atoms with E-state index in [-0.39, 0.29) is 17.6 Å². The lowest BCUT2D eigenvalue weighted by Gasteiger charge is -2.40. The number of rotatable bonds is 10. The zero-order valence-corrected chi connectivity index (χ0v) is 25.4. The van der Waals surface area contributed by atoms with E-state index < -0.39 is 5.54 Å². The zero-order valence-electron chi connectivity index (χ0n) is 24.6. The van der Waals surface area contributed by atoms with E-state index in [1.807, 2.05) is 68.4 Å². The Bertz CT molecular complexity index is 1350. The van der Waals surface area contributed by atoms with Crippen LogP contribution in [0.4, 0.5) is 11.4 Å². The standard InChI is InChI=1S/C32H39N5O4S/c1-23-20-24(2)34-31(33-23)42-22-29(38)37(21-25-6-12-28(40-3)13-7-25)32(14-4-5-15-32)30(39)35-26-8-10-27(11-9-26)36-16-18-41-19-17-36/h6-13,20H,4-5,14-19,21-22H2,1-3H3,(H,35,39). The topological polar surface area (TPSA) is 96.9 Å². The monoisotopic (exact) mass is 589 g/mol. The number of carbonyl (C=O) groups excluding carboxylic acids is 2. The van der Waals surface area contributed by atoms with Gasteiger partial charge in [-0.25, -0.2) is 9.97 Å². The number of aromatic nitrogens is 2. The van der Waals surface area contributed by atoms with E-state index in [0.29, 0.717) is 37.8 Å². The maximum absolute atomic E-state index is 14.1. The van der Waals surface area contributed by atoms with Crippen molar-refractivity contribution in [1.82, 2.24) is 14.9 Å². The number of nitrogens with one attached hydrogen (secondary N) is 1. The molecule has 0 spiro atoms. The summed E-state index contributed by atoms with van der Waals surface area (Å²) in [6.07, 6.45) is 2.97. The van der Waals surface area contributed by atoms with Gasteiger partial charge < -0.3 is 24.6 Å². The Kier molecular flexibility index (Phi) is 9.64. The molecule has 1 aromatic heterocycles. The molecule has 2 aliphatic rings. The summed E-state index contributed by atoms with van der Waals surface area (Å²) in [5, 5.41) is 3.72. The summed E-state index contributed by atoms with van der Waals surface area (Å²) >= 11 is 1.31. The van der Waals surface area contributed by atoms with Crippen LogP contribution in [0.3, 0.4) is 0 Å². The lowest BCUT2D eigenvalue weighted by molar-refractivity contribution is -0.144. The van der Waals surface area contributed by atoms with E-state index in [1.165, 1.54) is 11.8 Å². The molecule has 42 heavy (non-hydrogen) atoms. The van der Waals surface area contributed by atoms with E-state index in [1.54, 1.807) is 12.0 Å². The van der Waals surface area contributed by atoms with Crippen molar-refractivity contribution in [3.63, 3.8) is 0 Å². The first-order chi connectivity index (χ1) is 20.4. The summed E-state index contributed by atoms with van der Waals surface area (Å²) in [4.78, 5) is 41.2. The van der Waals surface area contributed by atoms with Gasteiger partial charge in [-0.15, -0.1) is 0 Å². The van der Waals surface area contributed by atoms with Crippen LogP contribution in [0.25, 0.3) is 0 Å². The maximum Gasteiger partial charge on any atom is 0.250 e. The predicted octanol–water partition coefficient (Wildman–Crippen LogP) is 5.01.